The molecule has 0 saturated carbocycles. The van der Waals surface area contributed by atoms with Crippen molar-refractivity contribution in [1.82, 2.24) is 10.2 Å². The summed E-state index contributed by atoms with van der Waals surface area (Å²) in [4.78, 5) is 14.9. The van der Waals surface area contributed by atoms with Gasteiger partial charge in [0.1, 0.15) is 11.5 Å². The molecule has 1 heterocycles. The van der Waals surface area contributed by atoms with E-state index in [0.29, 0.717) is 37.4 Å². The van der Waals surface area contributed by atoms with Crippen molar-refractivity contribution in [3.63, 3.8) is 0 Å². The number of likely N-dealkylation sites (tertiary alicyclic amines) is 1. The number of benzene rings is 3. The number of nitrogens with one attached hydrogen (secondary N) is 2. The van der Waals surface area contributed by atoms with Crippen molar-refractivity contribution in [3.8, 4) is 11.5 Å². The van der Waals surface area contributed by atoms with Gasteiger partial charge in [0.15, 0.2) is 11.7 Å². The minimum Gasteiger partial charge on any atom is -0.415 e. The van der Waals surface area contributed by atoms with E-state index in [-0.39, 0.29) is 11.9 Å². The summed E-state index contributed by atoms with van der Waals surface area (Å²) in [5, 5.41) is 10.7. The molecule has 3 aromatic rings. The van der Waals surface area contributed by atoms with Gasteiger partial charge < -0.3 is 25.0 Å². The third kappa shape index (κ3) is 7.24. The molecule has 0 bridgehead atoms. The lowest BCUT2D eigenvalue weighted by Gasteiger charge is -2.38. The van der Waals surface area contributed by atoms with Crippen molar-refractivity contribution in [2.45, 2.75) is 18.6 Å². The van der Waals surface area contributed by atoms with Crippen LogP contribution in [0.2, 0.25) is 0 Å². The lowest BCUT2D eigenvalue weighted by Crippen LogP contribution is -2.48. The SMILES string of the molecule is N=C(N)N1CCC(C(NC(=O)/C=C/c2ccccc2)P(=O)(Oc2ccccc2)Oc2ccccc2)CC1. The summed E-state index contributed by atoms with van der Waals surface area (Å²) < 4.78 is 26.8. The van der Waals surface area contributed by atoms with Gasteiger partial charge in [-0.2, -0.15) is 0 Å². The molecule has 1 unspecified atom stereocenters. The molecular formula is C28H31N4O4P. The van der Waals surface area contributed by atoms with Crippen LogP contribution in [-0.4, -0.2) is 35.6 Å². The lowest BCUT2D eigenvalue weighted by molar-refractivity contribution is -0.117. The Labute approximate surface area is 217 Å². The minimum absolute atomic E-state index is 0.00548. The van der Waals surface area contributed by atoms with Gasteiger partial charge in [-0.05, 0) is 54.7 Å². The van der Waals surface area contributed by atoms with Crippen molar-refractivity contribution < 1.29 is 18.4 Å². The molecule has 4 rings (SSSR count). The molecule has 0 radical (unpaired) electrons. The van der Waals surface area contributed by atoms with Crippen molar-refractivity contribution >= 4 is 25.5 Å². The van der Waals surface area contributed by atoms with Gasteiger partial charge in [0.25, 0.3) is 0 Å². The van der Waals surface area contributed by atoms with E-state index in [0.717, 1.165) is 5.56 Å². The van der Waals surface area contributed by atoms with Gasteiger partial charge in [0.05, 0.1) is 0 Å². The van der Waals surface area contributed by atoms with E-state index in [1.165, 1.54) is 6.08 Å². The van der Waals surface area contributed by atoms with Crippen LogP contribution in [0, 0.1) is 11.3 Å². The number of guanidine groups is 1. The van der Waals surface area contributed by atoms with Crippen LogP contribution in [-0.2, 0) is 9.36 Å². The third-order valence-electron chi connectivity index (χ3n) is 6.14. The van der Waals surface area contributed by atoms with Crippen LogP contribution in [0.3, 0.4) is 0 Å². The zero-order chi connectivity index (χ0) is 26.1. The van der Waals surface area contributed by atoms with Crippen LogP contribution in [0.1, 0.15) is 18.4 Å². The van der Waals surface area contributed by atoms with Gasteiger partial charge in [0, 0.05) is 19.2 Å². The van der Waals surface area contributed by atoms with E-state index in [4.69, 9.17) is 20.2 Å². The van der Waals surface area contributed by atoms with Crippen LogP contribution in [0.15, 0.2) is 97.1 Å². The van der Waals surface area contributed by atoms with Crippen LogP contribution in [0.25, 0.3) is 6.08 Å². The van der Waals surface area contributed by atoms with Crippen LogP contribution >= 0.6 is 7.60 Å². The number of para-hydroxylation sites is 2. The topological polar surface area (TPSA) is 118 Å². The average molecular weight is 519 g/mol. The molecule has 1 aliphatic rings. The first-order chi connectivity index (χ1) is 17.9. The Morgan fingerprint density at radius 2 is 1.41 bits per heavy atom. The lowest BCUT2D eigenvalue weighted by atomic mass is 9.96. The zero-order valence-corrected chi connectivity index (χ0v) is 21.3. The second kappa shape index (κ2) is 12.3. The fourth-order valence-electron chi connectivity index (χ4n) is 4.23. The molecule has 3 aromatic carbocycles. The van der Waals surface area contributed by atoms with Gasteiger partial charge in [-0.25, -0.2) is 4.57 Å². The molecule has 1 fully saturated rings. The molecule has 0 aromatic heterocycles. The van der Waals surface area contributed by atoms with Crippen molar-refractivity contribution in [2.75, 3.05) is 13.1 Å². The smallest absolute Gasteiger partial charge is 0.415 e. The first-order valence-electron chi connectivity index (χ1n) is 12.1. The Balaban J connectivity index is 1.65. The number of nitrogens with two attached hydrogens (primary N) is 1. The summed E-state index contributed by atoms with van der Waals surface area (Å²) in [5.74, 6) is -0.826. The highest BCUT2D eigenvalue weighted by Crippen LogP contribution is 2.55. The summed E-state index contributed by atoms with van der Waals surface area (Å²) in [6.45, 7) is 1.01. The van der Waals surface area contributed by atoms with E-state index in [2.05, 4.69) is 5.32 Å². The largest absolute Gasteiger partial charge is 0.453 e. The number of amides is 1. The molecular weight excluding hydrogens is 487 g/mol. The Kier molecular flexibility index (Phi) is 8.64. The van der Waals surface area contributed by atoms with Crippen molar-refractivity contribution in [2.24, 2.45) is 11.7 Å². The number of carbonyl (C=O) groups is 1. The van der Waals surface area contributed by atoms with Crippen LogP contribution < -0.4 is 20.1 Å². The van der Waals surface area contributed by atoms with Crippen molar-refractivity contribution in [1.29, 1.82) is 5.41 Å². The summed E-state index contributed by atoms with van der Waals surface area (Å²) in [7, 11) is -4.00. The summed E-state index contributed by atoms with van der Waals surface area (Å²) in [6.07, 6.45) is 4.22. The van der Waals surface area contributed by atoms with E-state index in [1.807, 2.05) is 42.5 Å². The molecule has 37 heavy (non-hydrogen) atoms. The highest BCUT2D eigenvalue weighted by Gasteiger charge is 2.46. The zero-order valence-electron chi connectivity index (χ0n) is 20.4. The first-order valence-corrected chi connectivity index (χ1v) is 13.8. The maximum atomic E-state index is 14.6. The number of rotatable bonds is 9. The van der Waals surface area contributed by atoms with E-state index < -0.39 is 19.3 Å². The normalized spacial score (nSPS) is 15.2. The number of nitrogens with zero attached hydrogens (tertiary/aromatic N) is 1. The van der Waals surface area contributed by atoms with Gasteiger partial charge in [-0.3, -0.25) is 10.2 Å². The number of piperidine rings is 1. The minimum atomic E-state index is -4.00. The standard InChI is InChI=1S/C28H31N4O4P/c29-28(30)32-20-18-23(19-21-32)27(31-26(33)17-16-22-10-4-1-5-11-22)37(34,35-24-12-6-2-7-13-24)36-25-14-8-3-9-15-25/h1-17,23,27H,18-21H2,(H3,29,30)(H,31,33)/b17-16+. The Bertz CT molecular complexity index is 1200. The maximum absolute atomic E-state index is 14.6. The second-order valence-electron chi connectivity index (χ2n) is 8.76. The van der Waals surface area contributed by atoms with Gasteiger partial charge >= 0.3 is 7.60 Å². The predicted molar refractivity (Wildman–Crippen MR) is 145 cm³/mol. The van der Waals surface area contributed by atoms with E-state index >= 15 is 0 Å². The number of hydrogen-bond donors (Lipinski definition) is 3. The van der Waals surface area contributed by atoms with Gasteiger partial charge in [-0.1, -0.05) is 66.7 Å². The number of carbonyl (C=O) groups excluding carboxylic acids is 1. The fraction of sp³-hybridized carbons (Fsp3) is 0.214. The molecule has 0 spiro atoms. The molecule has 192 valence electrons. The summed E-state index contributed by atoms with van der Waals surface area (Å²) in [5.41, 5.74) is 6.55. The van der Waals surface area contributed by atoms with Gasteiger partial charge in [-0.15, -0.1) is 0 Å². The summed E-state index contributed by atoms with van der Waals surface area (Å²) in [6, 6.07) is 27.1. The fourth-order valence-corrected chi connectivity index (χ4v) is 6.43. The molecule has 8 nitrogen and oxygen atoms in total. The Morgan fingerprint density at radius 3 is 1.89 bits per heavy atom. The number of hydrogen-bond acceptors (Lipinski definition) is 5. The second-order valence-corrected chi connectivity index (χ2v) is 10.8. The highest BCUT2D eigenvalue weighted by atomic mass is 31.2. The molecule has 1 atom stereocenters. The first kappa shape index (κ1) is 26.0. The third-order valence-corrected chi connectivity index (χ3v) is 8.30. The molecule has 1 aliphatic heterocycles. The predicted octanol–water partition coefficient (Wildman–Crippen LogP) is 5.10. The molecule has 9 heteroatoms. The van der Waals surface area contributed by atoms with Crippen LogP contribution in [0.4, 0.5) is 0 Å². The maximum Gasteiger partial charge on any atom is 0.453 e. The highest BCUT2D eigenvalue weighted by molar-refractivity contribution is 7.55. The van der Waals surface area contributed by atoms with Crippen molar-refractivity contribution in [3.05, 3.63) is 103 Å². The molecule has 4 N–H and O–H groups in total. The molecule has 1 amide bonds. The quantitative estimate of drug-likeness (QED) is 0.157. The molecule has 0 aliphatic carbocycles. The van der Waals surface area contributed by atoms with Gasteiger partial charge in [0.2, 0.25) is 5.91 Å². The van der Waals surface area contributed by atoms with E-state index in [9.17, 15) is 9.36 Å². The Morgan fingerprint density at radius 1 is 0.919 bits per heavy atom. The Hall–Kier alpha value is -4.03. The van der Waals surface area contributed by atoms with Crippen LogP contribution in [0.5, 0.6) is 11.5 Å². The van der Waals surface area contributed by atoms with E-state index in [1.54, 1.807) is 59.5 Å². The average Bonchev–Trinajstić information content (AvgIpc) is 2.92. The monoisotopic (exact) mass is 518 g/mol. The summed E-state index contributed by atoms with van der Waals surface area (Å²) >= 11 is 0. The molecule has 1 saturated heterocycles.